The maximum atomic E-state index is 11.8. The van der Waals surface area contributed by atoms with E-state index in [1.807, 2.05) is 0 Å². The number of carboxylic acids is 1. The highest BCUT2D eigenvalue weighted by molar-refractivity contribution is 5.94. The summed E-state index contributed by atoms with van der Waals surface area (Å²) in [4.78, 5) is 22.5. The molecule has 0 aromatic heterocycles. The van der Waals surface area contributed by atoms with Crippen molar-refractivity contribution in [3.05, 3.63) is 35.4 Å². The van der Waals surface area contributed by atoms with Crippen molar-refractivity contribution < 1.29 is 14.7 Å². The van der Waals surface area contributed by atoms with Gasteiger partial charge in [0.15, 0.2) is 0 Å². The molecule has 5 heteroatoms. The van der Waals surface area contributed by atoms with Crippen molar-refractivity contribution in [3.8, 4) is 0 Å². The lowest BCUT2D eigenvalue weighted by molar-refractivity contribution is -0.141. The van der Waals surface area contributed by atoms with Crippen molar-refractivity contribution in [2.75, 3.05) is 6.54 Å². The third-order valence-electron chi connectivity index (χ3n) is 2.80. The highest BCUT2D eigenvalue weighted by Crippen LogP contribution is 2.05. The van der Waals surface area contributed by atoms with Gasteiger partial charge in [-0.25, -0.2) is 0 Å². The monoisotopic (exact) mass is 250 g/mol. The summed E-state index contributed by atoms with van der Waals surface area (Å²) in [5.74, 6) is -1.70. The summed E-state index contributed by atoms with van der Waals surface area (Å²) in [6.07, 6.45) is 0.488. The molecule has 4 N–H and O–H groups in total. The fourth-order valence-electron chi connectivity index (χ4n) is 1.52. The molecule has 1 aromatic rings. The molecule has 0 bridgehead atoms. The molecule has 5 nitrogen and oxygen atoms in total. The van der Waals surface area contributed by atoms with E-state index in [1.165, 1.54) is 0 Å². The van der Waals surface area contributed by atoms with Crippen molar-refractivity contribution in [2.24, 2.45) is 11.7 Å². The van der Waals surface area contributed by atoms with Crippen LogP contribution in [-0.4, -0.2) is 23.5 Å². The Balaban J connectivity index is 2.56. The average Bonchev–Trinajstić information content (AvgIpc) is 2.39. The molecule has 0 aliphatic rings. The lowest BCUT2D eigenvalue weighted by Gasteiger charge is -2.11. The van der Waals surface area contributed by atoms with Gasteiger partial charge in [-0.05, 0) is 24.1 Å². The minimum absolute atomic E-state index is 0.142. The standard InChI is InChI=1S/C13H18N2O3/c1-2-10(13(17)18)8-15-12(16)11-5-3-9(7-14)4-6-11/h3-6,10H,2,7-8,14H2,1H3,(H,15,16)(H,17,18). The zero-order chi connectivity index (χ0) is 13.5. The van der Waals surface area contributed by atoms with E-state index in [-0.39, 0.29) is 12.5 Å². The van der Waals surface area contributed by atoms with Crippen LogP contribution in [0.1, 0.15) is 29.3 Å². The van der Waals surface area contributed by atoms with Crippen LogP contribution >= 0.6 is 0 Å². The molecule has 1 amide bonds. The van der Waals surface area contributed by atoms with Crippen LogP contribution in [0.15, 0.2) is 24.3 Å². The largest absolute Gasteiger partial charge is 0.481 e. The van der Waals surface area contributed by atoms with Gasteiger partial charge < -0.3 is 16.2 Å². The van der Waals surface area contributed by atoms with E-state index < -0.39 is 11.9 Å². The molecule has 0 spiro atoms. The Hall–Kier alpha value is -1.88. The molecule has 98 valence electrons. The zero-order valence-electron chi connectivity index (χ0n) is 10.3. The Kier molecular flexibility index (Phi) is 5.32. The second kappa shape index (κ2) is 6.76. The lowest BCUT2D eigenvalue weighted by atomic mass is 10.1. The first-order valence-corrected chi connectivity index (χ1v) is 5.88. The smallest absolute Gasteiger partial charge is 0.308 e. The first kappa shape index (κ1) is 14.2. The third kappa shape index (κ3) is 3.85. The molecule has 1 rings (SSSR count). The molecular weight excluding hydrogens is 232 g/mol. The van der Waals surface area contributed by atoms with Crippen LogP contribution in [0, 0.1) is 5.92 Å². The minimum atomic E-state index is -0.892. The van der Waals surface area contributed by atoms with Gasteiger partial charge in [0.25, 0.3) is 5.91 Å². The molecule has 0 aliphatic carbocycles. The number of benzene rings is 1. The van der Waals surface area contributed by atoms with Gasteiger partial charge in [-0.1, -0.05) is 19.1 Å². The van der Waals surface area contributed by atoms with Crippen LogP contribution in [0.4, 0.5) is 0 Å². The quantitative estimate of drug-likeness (QED) is 0.702. The van der Waals surface area contributed by atoms with Gasteiger partial charge in [0.05, 0.1) is 5.92 Å². The zero-order valence-corrected chi connectivity index (χ0v) is 10.3. The summed E-state index contributed by atoms with van der Waals surface area (Å²) in [5.41, 5.74) is 6.91. The molecular formula is C13H18N2O3. The van der Waals surface area contributed by atoms with Crippen molar-refractivity contribution in [1.29, 1.82) is 0 Å². The van der Waals surface area contributed by atoms with E-state index in [2.05, 4.69) is 5.32 Å². The van der Waals surface area contributed by atoms with Crippen LogP contribution in [0.5, 0.6) is 0 Å². The van der Waals surface area contributed by atoms with E-state index in [1.54, 1.807) is 31.2 Å². The summed E-state index contributed by atoms with van der Waals surface area (Å²) in [6.45, 7) is 2.35. The molecule has 0 saturated heterocycles. The van der Waals surface area contributed by atoms with Crippen LogP contribution in [0.25, 0.3) is 0 Å². The molecule has 0 heterocycles. The molecule has 1 unspecified atom stereocenters. The summed E-state index contributed by atoms with van der Waals surface area (Å²) in [5, 5.41) is 11.5. The normalized spacial score (nSPS) is 11.9. The highest BCUT2D eigenvalue weighted by atomic mass is 16.4. The number of carbonyl (C=O) groups is 2. The van der Waals surface area contributed by atoms with E-state index >= 15 is 0 Å². The van der Waals surface area contributed by atoms with Crippen LogP contribution < -0.4 is 11.1 Å². The fraction of sp³-hybridized carbons (Fsp3) is 0.385. The molecule has 0 radical (unpaired) electrons. The number of nitrogens with two attached hydrogens (primary N) is 1. The first-order chi connectivity index (χ1) is 8.58. The van der Waals surface area contributed by atoms with Crippen molar-refractivity contribution in [1.82, 2.24) is 5.32 Å². The number of rotatable bonds is 6. The van der Waals surface area contributed by atoms with Gasteiger partial charge in [0.2, 0.25) is 0 Å². The number of amides is 1. The Labute approximate surface area is 106 Å². The van der Waals surface area contributed by atoms with Crippen molar-refractivity contribution in [2.45, 2.75) is 19.9 Å². The van der Waals surface area contributed by atoms with Crippen LogP contribution in [0.3, 0.4) is 0 Å². The Morgan fingerprint density at radius 2 is 1.94 bits per heavy atom. The Bertz CT molecular complexity index is 415. The van der Waals surface area contributed by atoms with Gasteiger partial charge in [-0.2, -0.15) is 0 Å². The number of carboxylic acid groups (broad SMARTS) is 1. The number of nitrogens with one attached hydrogen (secondary N) is 1. The van der Waals surface area contributed by atoms with Gasteiger partial charge in [0, 0.05) is 18.7 Å². The van der Waals surface area contributed by atoms with Crippen LogP contribution in [0.2, 0.25) is 0 Å². The summed E-state index contributed by atoms with van der Waals surface area (Å²) >= 11 is 0. The number of carbonyl (C=O) groups excluding carboxylic acids is 1. The Morgan fingerprint density at radius 1 is 1.33 bits per heavy atom. The minimum Gasteiger partial charge on any atom is -0.481 e. The van der Waals surface area contributed by atoms with Crippen LogP contribution in [-0.2, 0) is 11.3 Å². The van der Waals surface area contributed by atoms with Crippen molar-refractivity contribution in [3.63, 3.8) is 0 Å². The number of aliphatic carboxylic acids is 1. The first-order valence-electron chi connectivity index (χ1n) is 5.88. The van der Waals surface area contributed by atoms with E-state index in [4.69, 9.17) is 10.8 Å². The fourth-order valence-corrected chi connectivity index (χ4v) is 1.52. The molecule has 1 aromatic carbocycles. The van der Waals surface area contributed by atoms with E-state index in [0.29, 0.717) is 18.5 Å². The maximum Gasteiger partial charge on any atom is 0.308 e. The maximum absolute atomic E-state index is 11.8. The molecule has 18 heavy (non-hydrogen) atoms. The SMILES string of the molecule is CCC(CNC(=O)c1ccc(CN)cc1)C(=O)O. The number of hydrogen-bond acceptors (Lipinski definition) is 3. The molecule has 0 aliphatic heterocycles. The van der Waals surface area contributed by atoms with E-state index in [0.717, 1.165) is 5.56 Å². The average molecular weight is 250 g/mol. The third-order valence-corrected chi connectivity index (χ3v) is 2.80. The Morgan fingerprint density at radius 3 is 2.39 bits per heavy atom. The topological polar surface area (TPSA) is 92.4 Å². The molecule has 0 fully saturated rings. The van der Waals surface area contributed by atoms with E-state index in [9.17, 15) is 9.59 Å². The van der Waals surface area contributed by atoms with Crippen molar-refractivity contribution >= 4 is 11.9 Å². The summed E-state index contributed by atoms with van der Waals surface area (Å²) in [6, 6.07) is 6.92. The summed E-state index contributed by atoms with van der Waals surface area (Å²) in [7, 11) is 0. The van der Waals surface area contributed by atoms with Gasteiger partial charge in [-0.15, -0.1) is 0 Å². The predicted octanol–water partition coefficient (Wildman–Crippen LogP) is 0.986. The molecule has 1 atom stereocenters. The number of hydrogen-bond donors (Lipinski definition) is 3. The van der Waals surface area contributed by atoms with Gasteiger partial charge in [0.1, 0.15) is 0 Å². The second-order valence-electron chi connectivity index (χ2n) is 4.05. The predicted molar refractivity (Wildman–Crippen MR) is 68.1 cm³/mol. The highest BCUT2D eigenvalue weighted by Gasteiger charge is 2.16. The van der Waals surface area contributed by atoms with Gasteiger partial charge in [-0.3, -0.25) is 9.59 Å². The summed E-state index contributed by atoms with van der Waals surface area (Å²) < 4.78 is 0. The molecule has 0 saturated carbocycles. The lowest BCUT2D eigenvalue weighted by Crippen LogP contribution is -2.32. The van der Waals surface area contributed by atoms with Gasteiger partial charge >= 0.3 is 5.97 Å². The second-order valence-corrected chi connectivity index (χ2v) is 4.05.